The topological polar surface area (TPSA) is 66.7 Å². The van der Waals surface area contributed by atoms with E-state index in [1.807, 2.05) is 66.4 Å². The van der Waals surface area contributed by atoms with E-state index in [1.54, 1.807) is 0 Å². The predicted octanol–water partition coefficient (Wildman–Crippen LogP) is 2.09. The number of pyridine rings is 1. The summed E-state index contributed by atoms with van der Waals surface area (Å²) in [5, 5.41) is 4.13. The second-order valence-corrected chi connectivity index (χ2v) is 8.06. The molecule has 0 saturated carbocycles. The van der Waals surface area contributed by atoms with Crippen LogP contribution in [0, 0.1) is 6.92 Å². The number of aromatic nitrogens is 1. The molecule has 0 aliphatic carbocycles. The first-order valence-corrected chi connectivity index (χ1v) is 10.9. The third kappa shape index (κ3) is 4.59. The van der Waals surface area contributed by atoms with Crippen LogP contribution >= 0.6 is 0 Å². The minimum atomic E-state index is -0.000609. The number of benzene rings is 2. The Morgan fingerprint density at radius 2 is 1.71 bits per heavy atom. The third-order valence-electron chi connectivity index (χ3n) is 6.03. The molecule has 160 valence electrons. The molecule has 6 nitrogen and oxygen atoms in total. The summed E-state index contributed by atoms with van der Waals surface area (Å²) in [6, 6.07) is 17.3. The fourth-order valence-corrected chi connectivity index (χ4v) is 4.24. The Bertz CT molecular complexity index is 1090. The van der Waals surface area contributed by atoms with Gasteiger partial charge in [0.2, 0.25) is 0 Å². The fraction of sp³-hybridized carbons (Fsp3) is 0.320. The molecule has 3 aromatic rings. The summed E-state index contributed by atoms with van der Waals surface area (Å²) in [5.74, 6) is 0.0643. The van der Waals surface area contributed by atoms with Crippen molar-refractivity contribution in [2.24, 2.45) is 0 Å². The van der Waals surface area contributed by atoms with Gasteiger partial charge in [-0.05, 0) is 37.1 Å². The van der Waals surface area contributed by atoms with E-state index in [9.17, 15) is 9.59 Å². The van der Waals surface area contributed by atoms with Crippen molar-refractivity contribution in [3.63, 3.8) is 0 Å². The molecule has 6 heteroatoms. The van der Waals surface area contributed by atoms with E-state index in [-0.39, 0.29) is 11.8 Å². The Hall–Kier alpha value is -3.25. The van der Waals surface area contributed by atoms with Crippen LogP contribution in [0.2, 0.25) is 0 Å². The fourth-order valence-electron chi connectivity index (χ4n) is 4.24. The maximum atomic E-state index is 12.9. The Kier molecular flexibility index (Phi) is 6.28. The number of piperazine rings is 1. The largest absolute Gasteiger partial charge is 0.327 e. The predicted molar refractivity (Wildman–Crippen MR) is 122 cm³/mol. The number of carbonyl (C=O) groups excluding carboxylic acids is 2. The average Bonchev–Trinajstić information content (AvgIpc) is 2.81. The number of hydrogen-bond donors (Lipinski definition) is 2. The zero-order valence-corrected chi connectivity index (χ0v) is 18.1. The van der Waals surface area contributed by atoms with Gasteiger partial charge in [-0.25, -0.2) is 0 Å². The van der Waals surface area contributed by atoms with Gasteiger partial charge in [-0.1, -0.05) is 43.3 Å². The number of carbonyl (C=O) groups is 2. The van der Waals surface area contributed by atoms with Crippen molar-refractivity contribution >= 4 is 28.4 Å². The molecular formula is C25H29N4O2+. The first kappa shape index (κ1) is 21.0. The summed E-state index contributed by atoms with van der Waals surface area (Å²) in [6.07, 6.45) is 0.822. The molecule has 4 rings (SSSR count). The normalized spacial score (nSPS) is 14.6. The van der Waals surface area contributed by atoms with E-state index in [4.69, 9.17) is 4.98 Å². The Morgan fingerprint density at radius 1 is 1.03 bits per heavy atom. The van der Waals surface area contributed by atoms with Gasteiger partial charge >= 0.3 is 0 Å². The highest BCUT2D eigenvalue weighted by Gasteiger charge is 2.26. The van der Waals surface area contributed by atoms with Crippen molar-refractivity contribution in [1.82, 2.24) is 9.88 Å². The van der Waals surface area contributed by atoms with Crippen molar-refractivity contribution in [2.75, 3.05) is 38.0 Å². The first-order chi connectivity index (χ1) is 15.1. The zero-order chi connectivity index (χ0) is 21.8. The number of amides is 2. The van der Waals surface area contributed by atoms with Gasteiger partial charge in [0.05, 0.1) is 37.4 Å². The number of nitrogens with one attached hydrogen (secondary N) is 2. The molecule has 31 heavy (non-hydrogen) atoms. The Morgan fingerprint density at radius 3 is 2.42 bits per heavy atom. The third-order valence-corrected chi connectivity index (χ3v) is 6.03. The molecule has 2 amide bonds. The van der Waals surface area contributed by atoms with E-state index in [0.29, 0.717) is 19.6 Å². The van der Waals surface area contributed by atoms with Gasteiger partial charge in [0, 0.05) is 16.6 Å². The smallest absolute Gasteiger partial charge is 0.279 e. The van der Waals surface area contributed by atoms with Crippen LogP contribution < -0.4 is 10.2 Å². The lowest BCUT2D eigenvalue weighted by atomic mass is 10.1. The van der Waals surface area contributed by atoms with Gasteiger partial charge in [-0.15, -0.1) is 0 Å². The Balaban J connectivity index is 1.39. The number of rotatable bonds is 5. The van der Waals surface area contributed by atoms with Gasteiger partial charge in [-0.2, -0.15) is 0 Å². The molecule has 2 heterocycles. The van der Waals surface area contributed by atoms with Crippen LogP contribution in [0.5, 0.6) is 0 Å². The molecule has 1 aromatic heterocycles. The van der Waals surface area contributed by atoms with Crippen LogP contribution in [0.25, 0.3) is 10.9 Å². The second kappa shape index (κ2) is 9.27. The molecule has 0 atom stereocenters. The lowest BCUT2D eigenvalue weighted by Gasteiger charge is -2.32. The van der Waals surface area contributed by atoms with E-state index in [0.717, 1.165) is 52.9 Å². The van der Waals surface area contributed by atoms with Gasteiger partial charge < -0.3 is 15.1 Å². The van der Waals surface area contributed by atoms with Crippen LogP contribution in [0.1, 0.15) is 28.5 Å². The van der Waals surface area contributed by atoms with E-state index in [2.05, 4.69) is 12.2 Å². The highest BCUT2D eigenvalue weighted by Crippen LogP contribution is 2.28. The SMILES string of the molecule is CCc1nc2ccccc2c(NC(=O)C[NH+]2CCN(C(=O)c3ccccc3)CC2)c1C. The average molecular weight is 418 g/mol. The first-order valence-electron chi connectivity index (χ1n) is 10.9. The van der Waals surface area contributed by atoms with Gasteiger partial charge in [-0.3, -0.25) is 14.6 Å². The monoisotopic (exact) mass is 417 g/mol. The van der Waals surface area contributed by atoms with Crippen molar-refractivity contribution < 1.29 is 14.5 Å². The Labute approximate surface area is 182 Å². The van der Waals surface area contributed by atoms with Gasteiger partial charge in [0.25, 0.3) is 11.8 Å². The lowest BCUT2D eigenvalue weighted by molar-refractivity contribution is -0.895. The molecule has 0 unspecified atom stereocenters. The van der Waals surface area contributed by atoms with Crippen LogP contribution in [0.4, 0.5) is 5.69 Å². The number of nitrogens with zero attached hydrogens (tertiary/aromatic N) is 2. The number of fused-ring (bicyclic) bond motifs is 1. The van der Waals surface area contributed by atoms with E-state index in [1.165, 1.54) is 4.90 Å². The van der Waals surface area contributed by atoms with Crippen LogP contribution in [0.3, 0.4) is 0 Å². The van der Waals surface area contributed by atoms with Crippen molar-refractivity contribution in [3.05, 3.63) is 71.4 Å². The van der Waals surface area contributed by atoms with E-state index >= 15 is 0 Å². The zero-order valence-electron chi connectivity index (χ0n) is 18.1. The minimum absolute atomic E-state index is 0.000609. The van der Waals surface area contributed by atoms with Crippen molar-refractivity contribution in [2.45, 2.75) is 20.3 Å². The molecule has 0 radical (unpaired) electrons. The summed E-state index contributed by atoms with van der Waals surface area (Å²) < 4.78 is 0. The highest BCUT2D eigenvalue weighted by molar-refractivity contribution is 6.02. The summed E-state index contributed by atoms with van der Waals surface area (Å²) in [7, 11) is 0. The molecule has 1 fully saturated rings. The molecule has 1 saturated heterocycles. The number of aryl methyl sites for hydroxylation is 1. The maximum absolute atomic E-state index is 12.9. The molecule has 2 N–H and O–H groups in total. The number of para-hydroxylation sites is 1. The van der Waals surface area contributed by atoms with Crippen LogP contribution in [0.15, 0.2) is 54.6 Å². The van der Waals surface area contributed by atoms with Crippen LogP contribution in [-0.4, -0.2) is 54.4 Å². The molecule has 0 spiro atoms. The number of anilines is 1. The summed E-state index contributed by atoms with van der Waals surface area (Å²) in [5.41, 5.74) is 4.53. The number of hydrogen-bond acceptors (Lipinski definition) is 3. The molecule has 2 aromatic carbocycles. The van der Waals surface area contributed by atoms with Crippen LogP contribution in [-0.2, 0) is 11.2 Å². The quantitative estimate of drug-likeness (QED) is 0.668. The van der Waals surface area contributed by atoms with Gasteiger partial charge in [0.15, 0.2) is 6.54 Å². The van der Waals surface area contributed by atoms with E-state index < -0.39 is 0 Å². The molecule has 0 bridgehead atoms. The second-order valence-electron chi connectivity index (χ2n) is 8.06. The maximum Gasteiger partial charge on any atom is 0.279 e. The number of quaternary nitrogens is 1. The highest BCUT2D eigenvalue weighted by atomic mass is 16.2. The standard InChI is InChI=1S/C25H28N4O2/c1-3-21-18(2)24(20-11-7-8-12-22(20)26-21)27-23(30)17-28-13-15-29(16-14-28)25(31)19-9-5-4-6-10-19/h4-12H,3,13-17H2,1-2H3,(H,26,27,30)/p+1. The summed E-state index contributed by atoms with van der Waals surface area (Å²) in [6.45, 7) is 7.35. The van der Waals surface area contributed by atoms with Gasteiger partial charge in [0.1, 0.15) is 0 Å². The minimum Gasteiger partial charge on any atom is -0.327 e. The van der Waals surface area contributed by atoms with Crippen molar-refractivity contribution in [1.29, 1.82) is 0 Å². The molecule has 1 aliphatic heterocycles. The molecule has 1 aliphatic rings. The summed E-state index contributed by atoms with van der Waals surface area (Å²) >= 11 is 0. The summed E-state index contributed by atoms with van der Waals surface area (Å²) in [4.78, 5) is 33.3. The van der Waals surface area contributed by atoms with Crippen molar-refractivity contribution in [3.8, 4) is 0 Å². The lowest BCUT2D eigenvalue weighted by Crippen LogP contribution is -3.15. The molecular weight excluding hydrogens is 388 g/mol.